The molecule has 0 atom stereocenters. The average molecular weight is 481 g/mol. The topological polar surface area (TPSA) is 73.3 Å². The van der Waals surface area contributed by atoms with Gasteiger partial charge in [0, 0.05) is 64.0 Å². The minimum Gasteiger partial charge on any atom is -0.379 e. The largest absolute Gasteiger partial charge is 0.379 e. The van der Waals surface area contributed by atoms with E-state index in [1.165, 1.54) is 5.56 Å². The Morgan fingerprint density at radius 3 is 2.54 bits per heavy atom. The lowest BCUT2D eigenvalue weighted by molar-refractivity contribution is -0.116. The third-order valence-electron chi connectivity index (χ3n) is 5.98. The molecule has 2 aromatic rings. The molecular weight excluding hydrogens is 440 g/mol. The van der Waals surface area contributed by atoms with E-state index in [0.29, 0.717) is 18.2 Å². The highest BCUT2D eigenvalue weighted by molar-refractivity contribution is 5.91. The third-order valence-corrected chi connectivity index (χ3v) is 5.98. The zero-order valence-electron chi connectivity index (χ0n) is 21.7. The molecule has 0 aliphatic carbocycles. The highest BCUT2D eigenvalue weighted by Crippen LogP contribution is 2.26. The van der Waals surface area contributed by atoms with Crippen molar-refractivity contribution in [2.24, 2.45) is 5.10 Å². The van der Waals surface area contributed by atoms with E-state index in [1.54, 1.807) is 18.0 Å². The van der Waals surface area contributed by atoms with Crippen molar-refractivity contribution in [2.45, 2.75) is 40.5 Å². The van der Waals surface area contributed by atoms with E-state index < -0.39 is 0 Å². The summed E-state index contributed by atoms with van der Waals surface area (Å²) in [5, 5.41) is 4.43. The summed E-state index contributed by atoms with van der Waals surface area (Å²) in [5.74, 6) is 1.25. The van der Waals surface area contributed by atoms with Gasteiger partial charge in [-0.15, -0.1) is 0 Å². The molecule has 8 heteroatoms. The molecule has 0 radical (unpaired) electrons. The molecule has 1 aromatic heterocycles. The van der Waals surface area contributed by atoms with Gasteiger partial charge in [-0.1, -0.05) is 43.7 Å². The molecule has 1 amide bonds. The summed E-state index contributed by atoms with van der Waals surface area (Å²) in [4.78, 5) is 23.9. The molecule has 8 nitrogen and oxygen atoms in total. The number of carbonyl (C=O) groups is 1. The van der Waals surface area contributed by atoms with Gasteiger partial charge in [-0.2, -0.15) is 5.10 Å². The summed E-state index contributed by atoms with van der Waals surface area (Å²) in [6.07, 6.45) is 3.87. The zero-order valence-corrected chi connectivity index (χ0v) is 21.7. The monoisotopic (exact) mass is 480 g/mol. The second-order valence-electron chi connectivity index (χ2n) is 8.96. The fraction of sp³-hybridized carbons (Fsp3) is 0.519. The highest BCUT2D eigenvalue weighted by atomic mass is 16.5. The van der Waals surface area contributed by atoms with E-state index in [9.17, 15) is 4.79 Å². The molecule has 0 saturated carbocycles. The lowest BCUT2D eigenvalue weighted by Gasteiger charge is -2.30. The van der Waals surface area contributed by atoms with Crippen LogP contribution in [0.3, 0.4) is 0 Å². The number of nitrogens with one attached hydrogen (secondary N) is 1. The van der Waals surface area contributed by atoms with Crippen LogP contribution >= 0.6 is 0 Å². The molecule has 1 fully saturated rings. The number of pyridine rings is 1. The van der Waals surface area contributed by atoms with E-state index in [1.807, 2.05) is 24.3 Å². The Balaban J connectivity index is 1.86. The van der Waals surface area contributed by atoms with Crippen molar-refractivity contribution in [1.82, 2.24) is 9.88 Å². The fourth-order valence-electron chi connectivity index (χ4n) is 4.21. The summed E-state index contributed by atoms with van der Waals surface area (Å²) in [5.41, 5.74) is 6.35. The Labute approximate surface area is 210 Å². The lowest BCUT2D eigenvalue weighted by Crippen LogP contribution is -2.43. The summed E-state index contributed by atoms with van der Waals surface area (Å²) < 4.78 is 5.46. The zero-order chi connectivity index (χ0) is 25.0. The first-order valence-electron chi connectivity index (χ1n) is 12.7. The molecule has 1 aliphatic rings. The number of benzene rings is 1. The number of carbonyl (C=O) groups excluding carboxylic acids is 1. The quantitative estimate of drug-likeness (QED) is 0.363. The predicted octanol–water partition coefficient (Wildman–Crippen LogP) is 4.15. The SMILES string of the molecule is CCCN(CCC)c1cc(N/N=C/c2cccc(C)c2)nc(N(CCN2CCOCC2)C(C)=O)c1. The smallest absolute Gasteiger partial charge is 0.225 e. The first-order valence-corrected chi connectivity index (χ1v) is 12.7. The van der Waals surface area contributed by atoms with E-state index in [-0.39, 0.29) is 5.91 Å². The maximum Gasteiger partial charge on any atom is 0.225 e. The van der Waals surface area contributed by atoms with Crippen molar-refractivity contribution in [3.63, 3.8) is 0 Å². The molecule has 1 N–H and O–H groups in total. The van der Waals surface area contributed by atoms with Crippen LogP contribution in [0.15, 0.2) is 41.5 Å². The summed E-state index contributed by atoms with van der Waals surface area (Å²) >= 11 is 0. The number of anilines is 3. The van der Waals surface area contributed by atoms with Gasteiger partial charge in [-0.25, -0.2) is 4.98 Å². The van der Waals surface area contributed by atoms with Crippen LogP contribution in [0.1, 0.15) is 44.7 Å². The Morgan fingerprint density at radius 2 is 1.89 bits per heavy atom. The maximum atomic E-state index is 12.7. The molecule has 1 aliphatic heterocycles. The first-order chi connectivity index (χ1) is 17.0. The number of nitrogens with zero attached hydrogens (tertiary/aromatic N) is 5. The number of aromatic nitrogens is 1. The minimum absolute atomic E-state index is 0.0188. The Morgan fingerprint density at radius 1 is 1.14 bits per heavy atom. The molecule has 190 valence electrons. The van der Waals surface area contributed by atoms with Crippen molar-refractivity contribution in [3.05, 3.63) is 47.5 Å². The average Bonchev–Trinajstić information content (AvgIpc) is 2.84. The van der Waals surface area contributed by atoms with Crippen LogP contribution in [-0.4, -0.2) is 74.5 Å². The highest BCUT2D eigenvalue weighted by Gasteiger charge is 2.19. The van der Waals surface area contributed by atoms with E-state index in [2.05, 4.69) is 53.2 Å². The number of hydrogen-bond donors (Lipinski definition) is 1. The molecule has 3 rings (SSSR count). The number of aryl methyl sites for hydroxylation is 1. The first kappa shape index (κ1) is 26.6. The predicted molar refractivity (Wildman–Crippen MR) is 145 cm³/mol. The fourth-order valence-corrected chi connectivity index (χ4v) is 4.21. The molecule has 0 bridgehead atoms. The van der Waals surface area contributed by atoms with Crippen LogP contribution < -0.4 is 15.2 Å². The van der Waals surface area contributed by atoms with Gasteiger partial charge in [0.15, 0.2) is 5.82 Å². The number of rotatable bonds is 12. The van der Waals surface area contributed by atoms with Crippen molar-refractivity contribution >= 4 is 29.4 Å². The number of hydrogen-bond acceptors (Lipinski definition) is 7. The van der Waals surface area contributed by atoms with Gasteiger partial charge in [0.2, 0.25) is 5.91 Å². The van der Waals surface area contributed by atoms with Crippen LogP contribution in [-0.2, 0) is 9.53 Å². The second-order valence-corrected chi connectivity index (χ2v) is 8.96. The molecular formula is C27H40N6O2. The van der Waals surface area contributed by atoms with E-state index in [4.69, 9.17) is 9.72 Å². The van der Waals surface area contributed by atoms with Crippen molar-refractivity contribution in [3.8, 4) is 0 Å². The summed E-state index contributed by atoms with van der Waals surface area (Å²) in [6, 6.07) is 12.2. The van der Waals surface area contributed by atoms with Crippen LogP contribution in [0.5, 0.6) is 0 Å². The van der Waals surface area contributed by atoms with Crippen molar-refractivity contribution < 1.29 is 9.53 Å². The summed E-state index contributed by atoms with van der Waals surface area (Å²) in [7, 11) is 0. The van der Waals surface area contributed by atoms with Gasteiger partial charge in [0.05, 0.1) is 19.4 Å². The normalized spacial score (nSPS) is 14.3. The van der Waals surface area contributed by atoms with Crippen molar-refractivity contribution in [1.29, 1.82) is 0 Å². The number of hydrazone groups is 1. The Kier molecular flexibility index (Phi) is 10.5. The third kappa shape index (κ3) is 8.33. The summed E-state index contributed by atoms with van der Waals surface area (Å²) in [6.45, 7) is 14.5. The Hall–Kier alpha value is -2.97. The number of ether oxygens (including phenoxy) is 1. The van der Waals surface area contributed by atoms with Gasteiger partial charge in [0.1, 0.15) is 5.82 Å². The maximum absolute atomic E-state index is 12.7. The second kappa shape index (κ2) is 13.8. The van der Waals surface area contributed by atoms with Gasteiger partial charge in [-0.3, -0.25) is 20.0 Å². The van der Waals surface area contributed by atoms with Crippen LogP contribution in [0.25, 0.3) is 0 Å². The van der Waals surface area contributed by atoms with Crippen LogP contribution in [0, 0.1) is 6.92 Å². The lowest BCUT2D eigenvalue weighted by atomic mass is 10.2. The molecule has 2 heterocycles. The van der Waals surface area contributed by atoms with Gasteiger partial charge < -0.3 is 9.64 Å². The van der Waals surface area contributed by atoms with E-state index in [0.717, 1.165) is 70.0 Å². The Bertz CT molecular complexity index is 968. The van der Waals surface area contributed by atoms with E-state index >= 15 is 0 Å². The van der Waals surface area contributed by atoms with Crippen LogP contribution in [0.2, 0.25) is 0 Å². The molecule has 1 saturated heterocycles. The molecule has 1 aromatic carbocycles. The minimum atomic E-state index is -0.0188. The van der Waals surface area contributed by atoms with Crippen LogP contribution in [0.4, 0.5) is 17.3 Å². The van der Waals surface area contributed by atoms with Gasteiger partial charge in [0.25, 0.3) is 0 Å². The molecule has 35 heavy (non-hydrogen) atoms. The number of morpholine rings is 1. The van der Waals surface area contributed by atoms with Gasteiger partial charge >= 0.3 is 0 Å². The molecule has 0 spiro atoms. The molecule has 0 unspecified atom stereocenters. The number of amides is 1. The van der Waals surface area contributed by atoms with Gasteiger partial charge in [-0.05, 0) is 25.3 Å². The standard InChI is InChI=1S/C27H40N6O2/c1-5-10-32(11-6-2)25-19-26(30-28-21-24-9-7-8-22(3)18-24)29-27(20-25)33(23(4)34)13-12-31-14-16-35-17-15-31/h7-9,18-21H,5-6,10-17H2,1-4H3,(H,29,30)/b28-21+. The van der Waals surface area contributed by atoms with Crippen molar-refractivity contribution in [2.75, 3.05) is 67.7 Å².